The lowest BCUT2D eigenvalue weighted by Gasteiger charge is -2.39. The average molecular weight is 474 g/mol. The van der Waals surface area contributed by atoms with E-state index in [1.807, 2.05) is 11.3 Å². The first-order valence-corrected chi connectivity index (χ1v) is 13.2. The van der Waals surface area contributed by atoms with E-state index in [1.54, 1.807) is 0 Å². The number of hydrogen-bond donors (Lipinski definition) is 0. The molecule has 9 rings (SSSR count). The zero-order valence-corrected chi connectivity index (χ0v) is 20.2. The van der Waals surface area contributed by atoms with Crippen LogP contribution in [0, 0.1) is 0 Å². The lowest BCUT2D eigenvalue weighted by atomic mass is 9.36. The van der Waals surface area contributed by atoms with Crippen LogP contribution in [0.15, 0.2) is 115 Å². The summed E-state index contributed by atoms with van der Waals surface area (Å²) in [5.74, 6) is 0. The number of rotatable bonds is 1. The van der Waals surface area contributed by atoms with Crippen LogP contribution in [0.4, 0.5) is 17.1 Å². The van der Waals surface area contributed by atoms with Gasteiger partial charge in [-0.1, -0.05) is 78.9 Å². The first-order valence-electron chi connectivity index (χ1n) is 12.4. The molecule has 0 radical (unpaired) electrons. The first kappa shape index (κ1) is 19.0. The van der Waals surface area contributed by atoms with Crippen molar-refractivity contribution in [2.45, 2.75) is 0 Å². The summed E-state index contributed by atoms with van der Waals surface area (Å²) in [6.45, 7) is 0.212. The van der Waals surface area contributed by atoms with Gasteiger partial charge in [-0.25, -0.2) is 0 Å². The highest BCUT2D eigenvalue weighted by molar-refractivity contribution is 7.33. The monoisotopic (exact) mass is 474 g/mol. The number of anilines is 3. The summed E-state index contributed by atoms with van der Waals surface area (Å²) in [5.41, 5.74) is 10.6. The number of thiophene rings is 1. The van der Waals surface area contributed by atoms with Crippen molar-refractivity contribution in [2.24, 2.45) is 0 Å². The minimum atomic E-state index is 0.212. The largest absolute Gasteiger partial charge is 0.311 e. The Morgan fingerprint density at radius 1 is 0.583 bits per heavy atom. The van der Waals surface area contributed by atoms with E-state index in [4.69, 9.17) is 0 Å². The van der Waals surface area contributed by atoms with Gasteiger partial charge < -0.3 is 9.47 Å². The second-order valence-electron chi connectivity index (χ2n) is 9.72. The van der Waals surface area contributed by atoms with E-state index in [1.165, 1.54) is 70.3 Å². The van der Waals surface area contributed by atoms with Gasteiger partial charge in [-0.05, 0) is 47.3 Å². The van der Waals surface area contributed by atoms with Crippen molar-refractivity contribution in [1.29, 1.82) is 0 Å². The molecular formula is C32H19BN2S. The molecule has 0 N–H and O–H groups in total. The molecule has 4 heterocycles. The smallest absolute Gasteiger partial charge is 0.264 e. The Labute approximate surface area is 212 Å². The summed E-state index contributed by atoms with van der Waals surface area (Å²) in [7, 11) is 0. The van der Waals surface area contributed by atoms with Crippen LogP contribution < -0.4 is 20.6 Å². The topological polar surface area (TPSA) is 8.17 Å². The van der Waals surface area contributed by atoms with Gasteiger partial charge in [-0.15, -0.1) is 11.3 Å². The van der Waals surface area contributed by atoms with Crippen molar-refractivity contribution >= 4 is 82.7 Å². The predicted octanol–water partition coefficient (Wildman–Crippen LogP) is 6.61. The summed E-state index contributed by atoms with van der Waals surface area (Å²) in [6, 6.07) is 42.3. The molecule has 166 valence electrons. The van der Waals surface area contributed by atoms with Crippen molar-refractivity contribution in [3.8, 4) is 5.69 Å². The maximum absolute atomic E-state index is 2.56. The molecule has 7 aromatic rings. The highest BCUT2D eigenvalue weighted by atomic mass is 32.1. The van der Waals surface area contributed by atoms with E-state index in [2.05, 4.69) is 125 Å². The molecule has 0 saturated carbocycles. The van der Waals surface area contributed by atoms with Crippen LogP contribution in [0.2, 0.25) is 0 Å². The van der Waals surface area contributed by atoms with E-state index < -0.39 is 0 Å². The fraction of sp³-hybridized carbons (Fsp3) is 0. The molecule has 4 heteroatoms. The standard InChI is InChI=1S/C32H19BN2S/c1-2-10-20(11-3-1)34-26-16-8-6-14-24(26)33-29-27(34)19-18-22-21-12-4-7-15-25(21)35(30(22)29)31-23-13-5-9-17-28(23)36-32(31)33/h1-19H. The van der Waals surface area contributed by atoms with Crippen LogP contribution in [0.3, 0.4) is 0 Å². The first-order chi connectivity index (χ1) is 17.9. The van der Waals surface area contributed by atoms with E-state index >= 15 is 0 Å². The van der Waals surface area contributed by atoms with Crippen LogP contribution in [0.5, 0.6) is 0 Å². The lowest BCUT2D eigenvalue weighted by Crippen LogP contribution is -2.59. The van der Waals surface area contributed by atoms with Crippen molar-refractivity contribution in [2.75, 3.05) is 4.90 Å². The third kappa shape index (κ3) is 2.19. The summed E-state index contributed by atoms with van der Waals surface area (Å²) >= 11 is 1.96. The Balaban J connectivity index is 1.54. The molecule has 0 aliphatic carbocycles. The van der Waals surface area contributed by atoms with Crippen molar-refractivity contribution < 1.29 is 0 Å². The number of aromatic nitrogens is 1. The van der Waals surface area contributed by atoms with E-state index in [-0.39, 0.29) is 6.71 Å². The number of benzene rings is 5. The normalized spacial score (nSPS) is 13.4. The molecule has 2 nitrogen and oxygen atoms in total. The molecule has 0 spiro atoms. The molecule has 2 aromatic heterocycles. The fourth-order valence-electron chi connectivity index (χ4n) is 6.61. The summed E-state index contributed by atoms with van der Waals surface area (Å²) < 4.78 is 5.36. The van der Waals surface area contributed by atoms with E-state index in [0.717, 1.165) is 0 Å². The van der Waals surface area contributed by atoms with E-state index in [0.29, 0.717) is 0 Å². The van der Waals surface area contributed by atoms with Crippen LogP contribution in [-0.4, -0.2) is 11.3 Å². The molecule has 0 bridgehead atoms. The fourth-order valence-corrected chi connectivity index (χ4v) is 7.93. The third-order valence-corrected chi connectivity index (χ3v) is 9.19. The highest BCUT2D eigenvalue weighted by Crippen LogP contribution is 2.44. The zero-order chi connectivity index (χ0) is 23.4. The number of hydrogen-bond acceptors (Lipinski definition) is 2. The van der Waals surface area contributed by atoms with Crippen LogP contribution >= 0.6 is 11.3 Å². The molecule has 36 heavy (non-hydrogen) atoms. The van der Waals surface area contributed by atoms with Crippen molar-refractivity contribution in [3.63, 3.8) is 0 Å². The minimum absolute atomic E-state index is 0.212. The molecular weight excluding hydrogens is 455 g/mol. The summed E-state index contributed by atoms with van der Waals surface area (Å²) in [5, 5.41) is 4.00. The predicted molar refractivity (Wildman–Crippen MR) is 156 cm³/mol. The molecule has 0 fully saturated rings. The minimum Gasteiger partial charge on any atom is -0.311 e. The van der Waals surface area contributed by atoms with Crippen LogP contribution in [-0.2, 0) is 0 Å². The molecule has 0 unspecified atom stereocenters. The highest BCUT2D eigenvalue weighted by Gasteiger charge is 2.43. The molecule has 0 atom stereocenters. The quantitative estimate of drug-likeness (QED) is 0.243. The van der Waals surface area contributed by atoms with E-state index in [9.17, 15) is 0 Å². The third-order valence-electron chi connectivity index (χ3n) is 7.97. The molecule has 2 aliphatic heterocycles. The zero-order valence-electron chi connectivity index (χ0n) is 19.3. The van der Waals surface area contributed by atoms with Crippen molar-refractivity contribution in [3.05, 3.63) is 115 Å². The molecule has 5 aromatic carbocycles. The van der Waals surface area contributed by atoms with Gasteiger partial charge in [-0.2, -0.15) is 0 Å². The Hall–Kier alpha value is -4.28. The van der Waals surface area contributed by atoms with Gasteiger partial charge >= 0.3 is 0 Å². The molecule has 2 aliphatic rings. The molecule has 0 amide bonds. The maximum Gasteiger partial charge on any atom is 0.264 e. The van der Waals surface area contributed by atoms with Gasteiger partial charge in [0.1, 0.15) is 0 Å². The Kier molecular flexibility index (Phi) is 3.52. The average Bonchev–Trinajstić information content (AvgIpc) is 3.48. The Morgan fingerprint density at radius 2 is 1.33 bits per heavy atom. The van der Waals surface area contributed by atoms with Gasteiger partial charge in [0.05, 0.1) is 16.7 Å². The number of para-hydroxylation sites is 3. The second kappa shape index (κ2) is 6.69. The second-order valence-corrected chi connectivity index (χ2v) is 10.8. The van der Waals surface area contributed by atoms with Gasteiger partial charge in [0.25, 0.3) is 6.71 Å². The van der Waals surface area contributed by atoms with Gasteiger partial charge in [0.2, 0.25) is 0 Å². The van der Waals surface area contributed by atoms with Gasteiger partial charge in [0, 0.05) is 42.7 Å². The van der Waals surface area contributed by atoms with Crippen LogP contribution in [0.1, 0.15) is 0 Å². The summed E-state index contributed by atoms with van der Waals surface area (Å²) in [6.07, 6.45) is 0. The number of fused-ring (bicyclic) bond motifs is 10. The van der Waals surface area contributed by atoms with Crippen molar-refractivity contribution in [1.82, 2.24) is 4.57 Å². The summed E-state index contributed by atoms with van der Waals surface area (Å²) in [4.78, 5) is 2.46. The SMILES string of the molecule is c1ccc(N2c3ccccc3B3c4sc5ccccc5c4-n4c5ccccc5c5ccc2c3c54)cc1. The Morgan fingerprint density at radius 3 is 2.25 bits per heavy atom. The maximum atomic E-state index is 2.56. The van der Waals surface area contributed by atoms with Gasteiger partial charge in [-0.3, -0.25) is 0 Å². The Bertz CT molecular complexity index is 2020. The van der Waals surface area contributed by atoms with Crippen LogP contribution in [0.25, 0.3) is 37.6 Å². The van der Waals surface area contributed by atoms with Gasteiger partial charge in [0.15, 0.2) is 0 Å². The molecule has 0 saturated heterocycles. The number of nitrogens with zero attached hydrogens (tertiary/aromatic N) is 2. The lowest BCUT2D eigenvalue weighted by molar-refractivity contribution is 1.21.